The minimum atomic E-state index is -4.01. The molecule has 2 aromatic rings. The molecule has 0 aliphatic carbocycles. The van der Waals surface area contributed by atoms with Crippen LogP contribution in [0.5, 0.6) is 5.75 Å². The van der Waals surface area contributed by atoms with E-state index in [9.17, 15) is 13.6 Å². The number of rotatable bonds is 9. The van der Waals surface area contributed by atoms with Crippen LogP contribution in [0.15, 0.2) is 54.6 Å². The zero-order valence-electron chi connectivity index (χ0n) is 16.2. The summed E-state index contributed by atoms with van der Waals surface area (Å²) in [4.78, 5) is 14.1. The van der Waals surface area contributed by atoms with Crippen molar-refractivity contribution in [2.75, 3.05) is 18.6 Å². The van der Waals surface area contributed by atoms with Gasteiger partial charge < -0.3 is 14.4 Å². The fourth-order valence-corrected chi connectivity index (χ4v) is 3.27. The SMILES string of the molecule is C#CCC(C(=O)OCC)(N(Cc1ccccc1)c1ccc(OC)cc1)C(F)(F)Cl. The third kappa shape index (κ3) is 4.80. The van der Waals surface area contributed by atoms with Gasteiger partial charge in [-0.05, 0) is 48.4 Å². The molecule has 0 fully saturated rings. The second-order valence-corrected chi connectivity index (χ2v) is 6.70. The molecular formula is C22H22ClF2NO3. The maximum atomic E-state index is 14.9. The van der Waals surface area contributed by atoms with Crippen LogP contribution in [0.3, 0.4) is 0 Å². The molecule has 4 nitrogen and oxygen atoms in total. The van der Waals surface area contributed by atoms with Gasteiger partial charge in [-0.15, -0.1) is 12.3 Å². The molecule has 0 bridgehead atoms. The Labute approximate surface area is 174 Å². The summed E-state index contributed by atoms with van der Waals surface area (Å²) in [5.74, 6) is 1.52. The van der Waals surface area contributed by atoms with Crippen LogP contribution in [-0.4, -0.2) is 30.6 Å². The molecule has 1 atom stereocenters. The summed E-state index contributed by atoms with van der Waals surface area (Å²) in [6.45, 7) is 1.38. The molecular weight excluding hydrogens is 400 g/mol. The lowest BCUT2D eigenvalue weighted by Gasteiger charge is -2.44. The highest BCUT2D eigenvalue weighted by molar-refractivity contribution is 6.25. The van der Waals surface area contributed by atoms with Gasteiger partial charge in [-0.3, -0.25) is 0 Å². The van der Waals surface area contributed by atoms with E-state index in [1.54, 1.807) is 54.6 Å². The van der Waals surface area contributed by atoms with Crippen LogP contribution in [0.2, 0.25) is 0 Å². The number of esters is 1. The predicted octanol–water partition coefficient (Wildman–Crippen LogP) is 4.86. The van der Waals surface area contributed by atoms with Crippen LogP contribution in [0, 0.1) is 12.3 Å². The molecule has 0 amide bonds. The van der Waals surface area contributed by atoms with Crippen LogP contribution in [0.4, 0.5) is 14.5 Å². The number of nitrogens with zero attached hydrogens (tertiary/aromatic N) is 1. The molecule has 2 aromatic carbocycles. The number of hydrogen-bond acceptors (Lipinski definition) is 4. The molecule has 0 radical (unpaired) electrons. The fraction of sp³-hybridized carbons (Fsp3) is 0.318. The largest absolute Gasteiger partial charge is 0.497 e. The highest BCUT2D eigenvalue weighted by atomic mass is 35.5. The summed E-state index contributed by atoms with van der Waals surface area (Å²) >= 11 is 5.54. The topological polar surface area (TPSA) is 38.8 Å². The maximum Gasteiger partial charge on any atom is 0.356 e. The molecule has 0 aromatic heterocycles. The number of ether oxygens (including phenoxy) is 2. The third-order valence-electron chi connectivity index (χ3n) is 4.47. The predicted molar refractivity (Wildman–Crippen MR) is 109 cm³/mol. The molecule has 0 saturated carbocycles. The molecule has 0 saturated heterocycles. The number of terminal acetylenes is 1. The van der Waals surface area contributed by atoms with E-state index < -0.39 is 23.3 Å². The van der Waals surface area contributed by atoms with Crippen LogP contribution < -0.4 is 9.64 Å². The van der Waals surface area contributed by atoms with Crippen LogP contribution >= 0.6 is 11.6 Å². The van der Waals surface area contributed by atoms with Crippen LogP contribution in [0.1, 0.15) is 18.9 Å². The Morgan fingerprint density at radius 3 is 2.28 bits per heavy atom. The van der Waals surface area contributed by atoms with Gasteiger partial charge in [0, 0.05) is 12.2 Å². The van der Waals surface area contributed by atoms with Gasteiger partial charge in [0.15, 0.2) is 0 Å². The Hall–Kier alpha value is -2.78. The second-order valence-electron chi connectivity index (χ2n) is 6.23. The molecule has 154 valence electrons. The molecule has 0 aliphatic heterocycles. The lowest BCUT2D eigenvalue weighted by Crippen LogP contribution is -2.64. The number of benzene rings is 2. The standard InChI is InChI=1S/C22H22ClF2NO3/c1-4-15-21(22(23,24)25,20(27)29-5-2)26(16-17-9-7-6-8-10-17)18-11-13-19(28-3)14-12-18/h1,6-14H,5,15-16H2,2-3H3. The average molecular weight is 422 g/mol. The number of alkyl halides is 3. The smallest absolute Gasteiger partial charge is 0.356 e. The first kappa shape index (κ1) is 22.5. The van der Waals surface area contributed by atoms with E-state index in [4.69, 9.17) is 27.5 Å². The van der Waals surface area contributed by atoms with Crippen molar-refractivity contribution in [3.05, 3.63) is 60.2 Å². The Morgan fingerprint density at radius 1 is 1.17 bits per heavy atom. The van der Waals surface area contributed by atoms with E-state index in [-0.39, 0.29) is 13.2 Å². The first-order valence-electron chi connectivity index (χ1n) is 8.93. The molecule has 0 N–H and O–H groups in total. The van der Waals surface area contributed by atoms with Crippen LogP contribution in [-0.2, 0) is 16.1 Å². The van der Waals surface area contributed by atoms with E-state index >= 15 is 0 Å². The normalized spacial score (nSPS) is 13.1. The summed E-state index contributed by atoms with van der Waals surface area (Å²) in [5, 5.41) is -4.01. The number of hydrogen-bond donors (Lipinski definition) is 0. The van der Waals surface area contributed by atoms with Crippen molar-refractivity contribution in [3.8, 4) is 18.1 Å². The van der Waals surface area contributed by atoms with Gasteiger partial charge >= 0.3 is 11.4 Å². The van der Waals surface area contributed by atoms with E-state index in [2.05, 4.69) is 5.92 Å². The lowest BCUT2D eigenvalue weighted by molar-refractivity contribution is -0.159. The zero-order chi connectivity index (χ0) is 21.5. The summed E-state index contributed by atoms with van der Waals surface area (Å²) in [6.07, 6.45) is 4.75. The first-order valence-corrected chi connectivity index (χ1v) is 9.31. The molecule has 0 aliphatic rings. The highest BCUT2D eigenvalue weighted by Crippen LogP contribution is 2.44. The summed E-state index contributed by atoms with van der Waals surface area (Å²) in [5.41, 5.74) is -1.60. The van der Waals surface area contributed by atoms with Crippen molar-refractivity contribution in [1.82, 2.24) is 0 Å². The van der Waals surface area contributed by atoms with Gasteiger partial charge in [0.05, 0.1) is 20.1 Å². The number of methoxy groups -OCH3 is 1. The first-order chi connectivity index (χ1) is 13.8. The molecule has 1 unspecified atom stereocenters. The van der Waals surface area contributed by atoms with E-state index in [0.717, 1.165) is 0 Å². The Balaban J connectivity index is 2.70. The van der Waals surface area contributed by atoms with E-state index in [0.29, 0.717) is 17.0 Å². The van der Waals surface area contributed by atoms with Crippen molar-refractivity contribution in [2.24, 2.45) is 0 Å². The van der Waals surface area contributed by atoms with Gasteiger partial charge in [0.1, 0.15) is 5.75 Å². The number of carbonyl (C=O) groups is 1. The van der Waals surface area contributed by atoms with Gasteiger partial charge in [-0.25, -0.2) is 4.79 Å². The molecule has 0 spiro atoms. The van der Waals surface area contributed by atoms with E-state index in [1.165, 1.54) is 18.9 Å². The molecule has 2 rings (SSSR count). The van der Waals surface area contributed by atoms with Gasteiger partial charge in [-0.1, -0.05) is 30.3 Å². The van der Waals surface area contributed by atoms with Gasteiger partial charge in [-0.2, -0.15) is 8.78 Å². The van der Waals surface area contributed by atoms with E-state index in [1.807, 2.05) is 0 Å². The van der Waals surface area contributed by atoms with Crippen molar-refractivity contribution in [1.29, 1.82) is 0 Å². The molecule has 7 heteroatoms. The van der Waals surface area contributed by atoms with Crippen molar-refractivity contribution >= 4 is 23.3 Å². The second kappa shape index (κ2) is 9.62. The van der Waals surface area contributed by atoms with Gasteiger partial charge in [0.25, 0.3) is 0 Å². The minimum Gasteiger partial charge on any atom is -0.497 e. The third-order valence-corrected chi connectivity index (χ3v) is 4.78. The monoisotopic (exact) mass is 421 g/mol. The average Bonchev–Trinajstić information content (AvgIpc) is 2.70. The van der Waals surface area contributed by atoms with Gasteiger partial charge in [0.2, 0.25) is 5.54 Å². The molecule has 0 heterocycles. The Kier molecular flexibility index (Phi) is 7.46. The molecule has 29 heavy (non-hydrogen) atoms. The minimum absolute atomic E-state index is 0.0457. The summed E-state index contributed by atoms with van der Waals surface area (Å²) < 4.78 is 39.9. The summed E-state index contributed by atoms with van der Waals surface area (Å²) in [7, 11) is 1.49. The van der Waals surface area contributed by atoms with Crippen LogP contribution in [0.25, 0.3) is 0 Å². The zero-order valence-corrected chi connectivity index (χ0v) is 17.0. The lowest BCUT2D eigenvalue weighted by atomic mass is 9.91. The summed E-state index contributed by atoms with van der Waals surface area (Å²) in [6, 6.07) is 15.2. The van der Waals surface area contributed by atoms with Crippen molar-refractivity contribution in [2.45, 2.75) is 30.8 Å². The highest BCUT2D eigenvalue weighted by Gasteiger charge is 2.63. The quantitative estimate of drug-likeness (QED) is 0.329. The number of carbonyl (C=O) groups excluding carboxylic acids is 1. The van der Waals surface area contributed by atoms with Crippen molar-refractivity contribution in [3.63, 3.8) is 0 Å². The fourth-order valence-electron chi connectivity index (χ4n) is 3.02. The maximum absolute atomic E-state index is 14.9. The van der Waals surface area contributed by atoms with Crippen molar-refractivity contribution < 1.29 is 23.0 Å². The number of halogens is 3. The Morgan fingerprint density at radius 2 is 1.79 bits per heavy atom. The Bertz CT molecular complexity index is 847. The number of anilines is 1.